The van der Waals surface area contributed by atoms with E-state index in [1.54, 1.807) is 12.1 Å². The van der Waals surface area contributed by atoms with Crippen molar-refractivity contribution in [3.8, 4) is 5.88 Å². The van der Waals surface area contributed by atoms with Crippen LogP contribution in [-0.2, 0) is 22.4 Å². The summed E-state index contributed by atoms with van der Waals surface area (Å²) in [6.45, 7) is 10.1. The number of halogens is 1. The first-order chi connectivity index (χ1) is 14.3. The highest BCUT2D eigenvalue weighted by Gasteiger charge is 2.24. The highest BCUT2D eigenvalue weighted by molar-refractivity contribution is 6.29. The van der Waals surface area contributed by atoms with Crippen LogP contribution in [-0.4, -0.2) is 52.9 Å². The third-order valence-electron chi connectivity index (χ3n) is 4.91. The first kappa shape index (κ1) is 22.4. The van der Waals surface area contributed by atoms with Gasteiger partial charge in [0.2, 0.25) is 5.88 Å². The fraction of sp³-hybridized carbons (Fsp3) is 0.545. The molecule has 162 valence electrons. The molecule has 2 aromatic heterocycles. The molecule has 0 N–H and O–H groups in total. The molecule has 8 heteroatoms. The first-order valence-electron chi connectivity index (χ1n) is 10.4. The lowest BCUT2D eigenvalue weighted by atomic mass is 10.0. The number of aromatic nitrogens is 3. The highest BCUT2D eigenvalue weighted by Crippen LogP contribution is 2.22. The van der Waals surface area contributed by atoms with Gasteiger partial charge < -0.3 is 14.4 Å². The summed E-state index contributed by atoms with van der Waals surface area (Å²) >= 11 is 6.02. The number of anilines is 1. The van der Waals surface area contributed by atoms with Crippen LogP contribution < -0.4 is 9.64 Å². The Morgan fingerprint density at radius 3 is 2.63 bits per heavy atom. The van der Waals surface area contributed by atoms with E-state index in [4.69, 9.17) is 21.1 Å². The van der Waals surface area contributed by atoms with E-state index < -0.39 is 0 Å². The van der Waals surface area contributed by atoms with Gasteiger partial charge in [0.15, 0.2) is 5.82 Å². The molecular formula is C22H29ClN4O3. The van der Waals surface area contributed by atoms with Crippen LogP contribution in [0.1, 0.15) is 44.0 Å². The second-order valence-corrected chi connectivity index (χ2v) is 8.18. The van der Waals surface area contributed by atoms with E-state index in [1.807, 2.05) is 19.9 Å². The smallest absolute Gasteiger partial charge is 0.214 e. The van der Waals surface area contributed by atoms with Crippen molar-refractivity contribution in [1.29, 1.82) is 0 Å². The molecule has 2 aromatic rings. The SMILES string of the molecule is CCOc1cc(CC(=O)CCc2cc(C)c(N3CC(C)OC(C)C3)nn2)cc(Cl)n1. The number of hydrogen-bond donors (Lipinski definition) is 0. The Kier molecular flexibility index (Phi) is 7.61. The summed E-state index contributed by atoms with van der Waals surface area (Å²) < 4.78 is 11.2. The van der Waals surface area contributed by atoms with E-state index in [0.717, 1.165) is 35.7 Å². The van der Waals surface area contributed by atoms with Gasteiger partial charge in [-0.05, 0) is 57.4 Å². The minimum atomic E-state index is 0.110. The average Bonchev–Trinajstić information content (AvgIpc) is 2.65. The molecule has 1 fully saturated rings. The van der Waals surface area contributed by atoms with E-state index in [1.165, 1.54) is 0 Å². The van der Waals surface area contributed by atoms with Crippen LogP contribution in [0, 0.1) is 6.92 Å². The van der Waals surface area contributed by atoms with Gasteiger partial charge >= 0.3 is 0 Å². The molecule has 3 rings (SSSR count). The van der Waals surface area contributed by atoms with Crippen molar-refractivity contribution >= 4 is 23.2 Å². The molecule has 1 saturated heterocycles. The Morgan fingerprint density at radius 2 is 1.97 bits per heavy atom. The van der Waals surface area contributed by atoms with Crippen molar-refractivity contribution in [3.63, 3.8) is 0 Å². The third-order valence-corrected chi connectivity index (χ3v) is 5.11. The summed E-state index contributed by atoms with van der Waals surface area (Å²) in [7, 11) is 0. The first-order valence-corrected chi connectivity index (χ1v) is 10.8. The maximum absolute atomic E-state index is 12.5. The molecule has 1 aliphatic rings. The van der Waals surface area contributed by atoms with Crippen molar-refractivity contribution in [2.45, 2.75) is 59.2 Å². The Morgan fingerprint density at radius 1 is 1.23 bits per heavy atom. The van der Waals surface area contributed by atoms with E-state index >= 15 is 0 Å². The number of ether oxygens (including phenoxy) is 2. The summed E-state index contributed by atoms with van der Waals surface area (Å²) in [6.07, 6.45) is 1.56. The van der Waals surface area contributed by atoms with Crippen molar-refractivity contribution in [2.75, 3.05) is 24.6 Å². The minimum absolute atomic E-state index is 0.110. The van der Waals surface area contributed by atoms with Crippen LogP contribution >= 0.6 is 11.6 Å². The quantitative estimate of drug-likeness (QED) is 0.590. The van der Waals surface area contributed by atoms with Crippen LogP contribution in [0.2, 0.25) is 5.15 Å². The van der Waals surface area contributed by atoms with Gasteiger partial charge in [-0.3, -0.25) is 4.79 Å². The van der Waals surface area contributed by atoms with Gasteiger partial charge in [0.1, 0.15) is 10.9 Å². The predicted molar refractivity (Wildman–Crippen MR) is 116 cm³/mol. The van der Waals surface area contributed by atoms with E-state index in [2.05, 4.69) is 33.9 Å². The number of nitrogens with zero attached hydrogens (tertiary/aromatic N) is 4. The molecule has 0 aliphatic carbocycles. The topological polar surface area (TPSA) is 77.4 Å². The summed E-state index contributed by atoms with van der Waals surface area (Å²) in [4.78, 5) is 18.8. The summed E-state index contributed by atoms with van der Waals surface area (Å²) in [5, 5.41) is 9.13. The average molecular weight is 433 g/mol. The van der Waals surface area contributed by atoms with Crippen molar-refractivity contribution in [1.82, 2.24) is 15.2 Å². The number of pyridine rings is 1. The zero-order valence-corrected chi connectivity index (χ0v) is 18.8. The molecule has 3 heterocycles. The molecule has 1 aliphatic heterocycles. The second kappa shape index (κ2) is 10.2. The molecule has 0 aromatic carbocycles. The molecular weight excluding hydrogens is 404 g/mol. The van der Waals surface area contributed by atoms with E-state index in [9.17, 15) is 4.79 Å². The Labute approximate surface area is 182 Å². The maximum Gasteiger partial charge on any atom is 0.214 e. The number of morpholine rings is 1. The Bertz CT molecular complexity index is 883. The van der Waals surface area contributed by atoms with Crippen LogP contribution in [0.15, 0.2) is 18.2 Å². The number of rotatable bonds is 8. The molecule has 30 heavy (non-hydrogen) atoms. The fourth-order valence-electron chi connectivity index (χ4n) is 3.75. The molecule has 2 atom stereocenters. The van der Waals surface area contributed by atoms with Crippen LogP contribution in [0.4, 0.5) is 5.82 Å². The molecule has 0 radical (unpaired) electrons. The Hall–Kier alpha value is -2.25. The monoisotopic (exact) mass is 432 g/mol. The van der Waals surface area contributed by atoms with Gasteiger partial charge in [0.25, 0.3) is 0 Å². The number of ketones is 1. The van der Waals surface area contributed by atoms with E-state index in [0.29, 0.717) is 30.5 Å². The van der Waals surface area contributed by atoms with Crippen LogP contribution in [0.3, 0.4) is 0 Å². The zero-order valence-electron chi connectivity index (χ0n) is 18.0. The van der Waals surface area contributed by atoms with Gasteiger partial charge in [0, 0.05) is 32.0 Å². The zero-order chi connectivity index (χ0) is 21.7. The lowest BCUT2D eigenvalue weighted by Crippen LogP contribution is -2.46. The third kappa shape index (κ3) is 6.12. The number of carbonyl (C=O) groups is 1. The summed E-state index contributed by atoms with van der Waals surface area (Å²) in [5.41, 5.74) is 2.69. The lowest BCUT2D eigenvalue weighted by Gasteiger charge is -2.36. The summed E-state index contributed by atoms with van der Waals surface area (Å²) in [6, 6.07) is 5.48. The van der Waals surface area contributed by atoms with Crippen molar-refractivity contribution in [3.05, 3.63) is 40.2 Å². The number of hydrogen-bond acceptors (Lipinski definition) is 7. The van der Waals surface area contributed by atoms with Gasteiger partial charge in [-0.2, -0.15) is 5.10 Å². The minimum Gasteiger partial charge on any atom is -0.478 e. The molecule has 0 saturated carbocycles. The number of carbonyl (C=O) groups excluding carboxylic acids is 1. The fourth-order valence-corrected chi connectivity index (χ4v) is 3.97. The van der Waals surface area contributed by atoms with Crippen LogP contribution in [0.25, 0.3) is 0 Å². The van der Waals surface area contributed by atoms with Crippen molar-refractivity contribution < 1.29 is 14.3 Å². The highest BCUT2D eigenvalue weighted by atomic mass is 35.5. The van der Waals surface area contributed by atoms with Gasteiger partial charge in [-0.1, -0.05) is 11.6 Å². The normalized spacial score (nSPS) is 19.0. The molecule has 0 amide bonds. The molecule has 7 nitrogen and oxygen atoms in total. The van der Waals surface area contributed by atoms with Gasteiger partial charge in [-0.25, -0.2) is 4.98 Å². The number of aryl methyl sites for hydroxylation is 2. The van der Waals surface area contributed by atoms with Gasteiger partial charge in [-0.15, -0.1) is 5.10 Å². The Balaban J connectivity index is 1.58. The number of Topliss-reactive ketones (excluding diaryl/α,β-unsaturated/α-hetero) is 1. The largest absolute Gasteiger partial charge is 0.478 e. The lowest BCUT2D eigenvalue weighted by molar-refractivity contribution is -0.118. The summed E-state index contributed by atoms with van der Waals surface area (Å²) in [5.74, 6) is 1.44. The molecule has 0 bridgehead atoms. The second-order valence-electron chi connectivity index (χ2n) is 7.79. The standard InChI is InChI=1S/C22H29ClN4O3/c1-5-29-21-11-17(10-20(23)24-21)9-19(28)7-6-18-8-14(2)22(26-25-18)27-12-15(3)30-16(4)13-27/h8,10-11,15-16H,5-7,9,12-13H2,1-4H3. The maximum atomic E-state index is 12.5. The van der Waals surface area contributed by atoms with Crippen molar-refractivity contribution in [2.24, 2.45) is 0 Å². The molecule has 2 unspecified atom stereocenters. The van der Waals surface area contributed by atoms with E-state index in [-0.39, 0.29) is 24.4 Å². The predicted octanol–water partition coefficient (Wildman–Crippen LogP) is 3.59. The van der Waals surface area contributed by atoms with Crippen LogP contribution in [0.5, 0.6) is 5.88 Å². The molecule has 0 spiro atoms. The van der Waals surface area contributed by atoms with Gasteiger partial charge in [0.05, 0.1) is 24.5 Å².